The molecule has 0 spiro atoms. The van der Waals surface area contributed by atoms with E-state index in [1.807, 2.05) is 6.08 Å². The average Bonchev–Trinajstić information content (AvgIpc) is 2.27. The Kier molecular flexibility index (Phi) is 5.15. The van der Waals surface area contributed by atoms with Gasteiger partial charge in [0.1, 0.15) is 5.60 Å². The number of amides is 1. The maximum Gasteiger partial charge on any atom is 0.408 e. The number of esters is 1. The van der Waals surface area contributed by atoms with Crippen LogP contribution in [0.2, 0.25) is 0 Å². The van der Waals surface area contributed by atoms with E-state index in [-0.39, 0.29) is 12.0 Å². The van der Waals surface area contributed by atoms with Gasteiger partial charge in [0.2, 0.25) is 0 Å². The van der Waals surface area contributed by atoms with Crippen LogP contribution >= 0.6 is 0 Å². The van der Waals surface area contributed by atoms with E-state index in [1.54, 1.807) is 39.8 Å². The number of allylic oxidation sites excluding steroid dienone is 2. The highest BCUT2D eigenvalue weighted by Gasteiger charge is 2.22. The molecule has 0 aromatic carbocycles. The second-order valence-corrected chi connectivity index (χ2v) is 5.25. The summed E-state index contributed by atoms with van der Waals surface area (Å²) in [5.41, 5.74) is 0.00726. The van der Waals surface area contributed by atoms with Crippen molar-refractivity contribution in [3.8, 4) is 0 Å². The molecule has 1 aliphatic carbocycles. The predicted molar refractivity (Wildman–Crippen MR) is 71.6 cm³/mol. The third kappa shape index (κ3) is 5.59. The van der Waals surface area contributed by atoms with E-state index in [4.69, 9.17) is 9.47 Å². The van der Waals surface area contributed by atoms with Gasteiger partial charge in [-0.3, -0.25) is 0 Å². The van der Waals surface area contributed by atoms with Crippen LogP contribution in [0.4, 0.5) is 4.79 Å². The Labute approximate surface area is 113 Å². The zero-order chi connectivity index (χ0) is 14.5. The van der Waals surface area contributed by atoms with Crippen LogP contribution in [0.1, 0.15) is 34.1 Å². The molecule has 0 aromatic heterocycles. The molecule has 19 heavy (non-hydrogen) atoms. The molecule has 1 N–H and O–H groups in total. The van der Waals surface area contributed by atoms with E-state index in [0.29, 0.717) is 18.6 Å². The molecular weight excluding hydrogens is 246 g/mol. The first-order valence-corrected chi connectivity index (χ1v) is 6.36. The predicted octanol–water partition coefficient (Wildman–Crippen LogP) is 2.33. The lowest BCUT2D eigenvalue weighted by atomic mass is 10.0. The number of carbonyl (C=O) groups excluding carboxylic acids is 2. The van der Waals surface area contributed by atoms with E-state index in [0.717, 1.165) is 0 Å². The smallest absolute Gasteiger partial charge is 0.408 e. The molecule has 0 unspecified atom stereocenters. The number of hydrogen-bond donors (Lipinski definition) is 1. The van der Waals surface area contributed by atoms with Crippen molar-refractivity contribution in [1.29, 1.82) is 0 Å². The molecular formula is C14H21NO4. The Balaban J connectivity index is 2.51. The van der Waals surface area contributed by atoms with Gasteiger partial charge in [-0.15, -0.1) is 0 Å². The highest BCUT2D eigenvalue weighted by molar-refractivity contribution is 5.89. The molecule has 5 nitrogen and oxygen atoms in total. The lowest BCUT2D eigenvalue weighted by Crippen LogP contribution is -2.39. The van der Waals surface area contributed by atoms with E-state index in [9.17, 15) is 9.59 Å². The van der Waals surface area contributed by atoms with Crippen LogP contribution in [-0.4, -0.2) is 30.3 Å². The third-order valence-electron chi connectivity index (χ3n) is 2.32. The SMILES string of the molecule is CCOC(=O)C1=CC=C[C@@H](NC(=O)OC(C)(C)C)C1. The van der Waals surface area contributed by atoms with Gasteiger partial charge in [-0.1, -0.05) is 18.2 Å². The van der Waals surface area contributed by atoms with Crippen molar-refractivity contribution in [2.45, 2.75) is 45.8 Å². The van der Waals surface area contributed by atoms with Crippen molar-refractivity contribution < 1.29 is 19.1 Å². The molecule has 1 rings (SSSR count). The Morgan fingerprint density at radius 2 is 2.11 bits per heavy atom. The van der Waals surface area contributed by atoms with Gasteiger partial charge in [0.05, 0.1) is 12.6 Å². The Hall–Kier alpha value is -1.78. The fourth-order valence-corrected chi connectivity index (χ4v) is 1.61. The van der Waals surface area contributed by atoms with Crippen LogP contribution in [0, 0.1) is 0 Å². The normalized spacial score (nSPS) is 18.5. The van der Waals surface area contributed by atoms with Gasteiger partial charge in [0.15, 0.2) is 0 Å². The van der Waals surface area contributed by atoms with Crippen LogP contribution in [-0.2, 0) is 14.3 Å². The zero-order valence-corrected chi connectivity index (χ0v) is 11.9. The highest BCUT2D eigenvalue weighted by atomic mass is 16.6. The van der Waals surface area contributed by atoms with Gasteiger partial charge in [-0.05, 0) is 27.7 Å². The Morgan fingerprint density at radius 3 is 2.68 bits per heavy atom. The van der Waals surface area contributed by atoms with E-state index in [1.165, 1.54) is 0 Å². The van der Waals surface area contributed by atoms with E-state index >= 15 is 0 Å². The second kappa shape index (κ2) is 6.41. The molecule has 1 amide bonds. The van der Waals surface area contributed by atoms with Crippen LogP contribution in [0.25, 0.3) is 0 Å². The summed E-state index contributed by atoms with van der Waals surface area (Å²) in [7, 11) is 0. The van der Waals surface area contributed by atoms with Crippen LogP contribution in [0.5, 0.6) is 0 Å². The van der Waals surface area contributed by atoms with E-state index in [2.05, 4.69) is 5.32 Å². The van der Waals surface area contributed by atoms with Gasteiger partial charge in [-0.2, -0.15) is 0 Å². The van der Waals surface area contributed by atoms with Crippen molar-refractivity contribution >= 4 is 12.1 Å². The highest BCUT2D eigenvalue weighted by Crippen LogP contribution is 2.15. The largest absolute Gasteiger partial charge is 0.463 e. The quantitative estimate of drug-likeness (QED) is 0.797. The van der Waals surface area contributed by atoms with Crippen LogP contribution < -0.4 is 5.32 Å². The number of ether oxygens (including phenoxy) is 2. The van der Waals surface area contributed by atoms with Gasteiger partial charge >= 0.3 is 12.1 Å². The van der Waals surface area contributed by atoms with Crippen LogP contribution in [0.3, 0.4) is 0 Å². The van der Waals surface area contributed by atoms with Crippen molar-refractivity contribution in [3.05, 3.63) is 23.8 Å². The number of alkyl carbamates (subject to hydrolysis) is 1. The second-order valence-electron chi connectivity index (χ2n) is 5.25. The van der Waals surface area contributed by atoms with Gasteiger partial charge in [-0.25, -0.2) is 9.59 Å². The summed E-state index contributed by atoms with van der Waals surface area (Å²) >= 11 is 0. The van der Waals surface area contributed by atoms with Gasteiger partial charge in [0.25, 0.3) is 0 Å². The molecule has 1 atom stereocenters. The topological polar surface area (TPSA) is 64.6 Å². The number of hydrogen-bond acceptors (Lipinski definition) is 4. The summed E-state index contributed by atoms with van der Waals surface area (Å²) in [5, 5.41) is 2.71. The maximum atomic E-state index is 11.6. The molecule has 0 saturated heterocycles. The summed E-state index contributed by atoms with van der Waals surface area (Å²) < 4.78 is 10.1. The number of carbonyl (C=O) groups is 2. The van der Waals surface area contributed by atoms with Crippen LogP contribution in [0.15, 0.2) is 23.8 Å². The summed E-state index contributed by atoms with van der Waals surface area (Å²) in [5.74, 6) is -0.345. The molecule has 106 valence electrons. The number of nitrogens with one attached hydrogen (secondary N) is 1. The first-order chi connectivity index (χ1) is 8.81. The number of rotatable bonds is 3. The average molecular weight is 267 g/mol. The minimum atomic E-state index is -0.539. The maximum absolute atomic E-state index is 11.6. The van der Waals surface area contributed by atoms with Crippen molar-refractivity contribution in [1.82, 2.24) is 5.32 Å². The van der Waals surface area contributed by atoms with Crippen molar-refractivity contribution in [2.24, 2.45) is 0 Å². The molecule has 0 aromatic rings. The molecule has 1 aliphatic rings. The molecule has 0 aliphatic heterocycles. The van der Waals surface area contributed by atoms with Crippen molar-refractivity contribution in [2.75, 3.05) is 6.61 Å². The van der Waals surface area contributed by atoms with E-state index < -0.39 is 11.7 Å². The molecule has 0 radical (unpaired) electrons. The van der Waals surface area contributed by atoms with Crippen molar-refractivity contribution in [3.63, 3.8) is 0 Å². The minimum absolute atomic E-state index is 0.251. The standard InChI is InChI=1S/C14H21NO4/c1-5-18-12(16)10-7-6-8-11(9-10)15-13(17)19-14(2,3)4/h6-8,11H,5,9H2,1-4H3,(H,15,17)/t11-/m1/s1. The van der Waals surface area contributed by atoms with Gasteiger partial charge < -0.3 is 14.8 Å². The Bertz CT molecular complexity index is 404. The molecule has 0 heterocycles. The summed E-state index contributed by atoms with van der Waals surface area (Å²) in [6.07, 6.45) is 5.16. The lowest BCUT2D eigenvalue weighted by molar-refractivity contribution is -0.138. The first-order valence-electron chi connectivity index (χ1n) is 6.36. The molecule has 5 heteroatoms. The zero-order valence-electron chi connectivity index (χ0n) is 11.9. The summed E-state index contributed by atoms with van der Waals surface area (Å²) in [4.78, 5) is 23.2. The Morgan fingerprint density at radius 1 is 1.42 bits per heavy atom. The fraction of sp³-hybridized carbons (Fsp3) is 0.571. The molecule has 0 bridgehead atoms. The first kappa shape index (κ1) is 15.3. The summed E-state index contributed by atoms with van der Waals surface area (Å²) in [6, 6.07) is -0.251. The fourth-order valence-electron chi connectivity index (χ4n) is 1.61. The third-order valence-corrected chi connectivity index (χ3v) is 2.32. The molecule has 0 saturated carbocycles. The summed E-state index contributed by atoms with van der Waals surface area (Å²) in [6.45, 7) is 7.49. The minimum Gasteiger partial charge on any atom is -0.463 e. The molecule has 0 fully saturated rings. The lowest BCUT2D eigenvalue weighted by Gasteiger charge is -2.23. The monoisotopic (exact) mass is 267 g/mol. The van der Waals surface area contributed by atoms with Gasteiger partial charge in [0, 0.05) is 12.0 Å².